The van der Waals surface area contributed by atoms with Crippen LogP contribution in [0.4, 0.5) is 0 Å². The number of nitriles is 1. The average molecular weight is 620 g/mol. The summed E-state index contributed by atoms with van der Waals surface area (Å²) in [7, 11) is 0. The first-order chi connectivity index (χ1) is 22.7. The molecule has 9 rings (SSSR count). The summed E-state index contributed by atoms with van der Waals surface area (Å²) in [5.41, 5.74) is 9.77. The van der Waals surface area contributed by atoms with Crippen LogP contribution in [0, 0.1) is 11.3 Å². The Balaban J connectivity index is 1.29. The van der Waals surface area contributed by atoms with E-state index < -0.39 is 0 Å². The molecular weight excluding hydrogens is 595 g/mol. The molecule has 0 saturated heterocycles. The third-order valence-corrected chi connectivity index (χ3v) is 11.2. The Hall–Kier alpha value is -5.53. The van der Waals surface area contributed by atoms with E-state index in [-0.39, 0.29) is 0 Å². The van der Waals surface area contributed by atoms with Crippen molar-refractivity contribution in [2.75, 3.05) is 0 Å². The van der Waals surface area contributed by atoms with Crippen LogP contribution in [0.2, 0.25) is 0 Å². The highest BCUT2D eigenvalue weighted by molar-refractivity contribution is 7.26. The Morgan fingerprint density at radius 2 is 0.935 bits per heavy atom. The normalized spacial score (nSPS) is 11.5. The van der Waals surface area contributed by atoms with E-state index in [4.69, 9.17) is 0 Å². The van der Waals surface area contributed by atoms with Crippen molar-refractivity contribution >= 4 is 63.0 Å². The molecule has 0 spiro atoms. The minimum absolute atomic E-state index is 0.682. The molecule has 46 heavy (non-hydrogen) atoms. The molecule has 3 heteroatoms. The summed E-state index contributed by atoms with van der Waals surface area (Å²) in [5, 5.41) is 15.0. The molecule has 7 aromatic carbocycles. The molecule has 0 aliphatic rings. The molecule has 9 aromatic rings. The molecule has 1 nitrogen and oxygen atoms in total. The van der Waals surface area contributed by atoms with Crippen LogP contribution in [-0.4, -0.2) is 0 Å². The fourth-order valence-electron chi connectivity index (χ4n) is 6.74. The van der Waals surface area contributed by atoms with Gasteiger partial charge in [-0.3, -0.25) is 0 Å². The highest BCUT2D eigenvalue weighted by Crippen LogP contribution is 2.43. The van der Waals surface area contributed by atoms with E-state index >= 15 is 0 Å². The number of hydrogen-bond acceptors (Lipinski definition) is 3. The third kappa shape index (κ3) is 4.43. The Morgan fingerprint density at radius 3 is 1.78 bits per heavy atom. The smallest absolute Gasteiger partial charge is 0.0998 e. The third-order valence-electron chi connectivity index (χ3n) is 8.91. The van der Waals surface area contributed by atoms with E-state index in [0.717, 1.165) is 22.3 Å². The lowest BCUT2D eigenvalue weighted by atomic mass is 9.90. The topological polar surface area (TPSA) is 23.8 Å². The maximum atomic E-state index is 9.81. The first kappa shape index (κ1) is 26.8. The molecule has 0 aliphatic heterocycles. The molecule has 0 fully saturated rings. The van der Waals surface area contributed by atoms with Gasteiger partial charge in [-0.15, -0.1) is 22.7 Å². The largest absolute Gasteiger partial charge is 0.192 e. The lowest BCUT2D eigenvalue weighted by Gasteiger charge is -2.14. The highest BCUT2D eigenvalue weighted by atomic mass is 32.1. The summed E-state index contributed by atoms with van der Waals surface area (Å²) in [6.07, 6.45) is 0. The maximum absolute atomic E-state index is 9.81. The van der Waals surface area contributed by atoms with Crippen molar-refractivity contribution in [3.05, 3.63) is 157 Å². The molecule has 0 bridgehead atoms. The number of fused-ring (bicyclic) bond motifs is 6. The van der Waals surface area contributed by atoms with Crippen molar-refractivity contribution in [1.29, 1.82) is 5.26 Å². The van der Waals surface area contributed by atoms with Crippen molar-refractivity contribution in [3.63, 3.8) is 0 Å². The second-order valence-corrected chi connectivity index (χ2v) is 13.8. The second kappa shape index (κ2) is 10.8. The van der Waals surface area contributed by atoms with Gasteiger partial charge in [0.2, 0.25) is 0 Å². The van der Waals surface area contributed by atoms with Crippen LogP contribution in [-0.2, 0) is 0 Å². The number of nitrogens with zero attached hydrogens (tertiary/aromatic N) is 1. The number of thiophene rings is 2. The minimum atomic E-state index is 0.682. The van der Waals surface area contributed by atoms with E-state index in [9.17, 15) is 5.26 Å². The van der Waals surface area contributed by atoms with Gasteiger partial charge in [-0.05, 0) is 105 Å². The van der Waals surface area contributed by atoms with Gasteiger partial charge >= 0.3 is 0 Å². The molecule has 2 aromatic heterocycles. The van der Waals surface area contributed by atoms with Crippen LogP contribution < -0.4 is 0 Å². The zero-order valence-electron chi connectivity index (χ0n) is 24.7. The Kier molecular flexibility index (Phi) is 6.31. The van der Waals surface area contributed by atoms with Crippen molar-refractivity contribution < 1.29 is 0 Å². The molecule has 0 aliphatic carbocycles. The monoisotopic (exact) mass is 619 g/mol. The zero-order chi connectivity index (χ0) is 30.6. The van der Waals surface area contributed by atoms with E-state index in [1.54, 1.807) is 0 Å². The Labute approximate surface area is 274 Å². The van der Waals surface area contributed by atoms with Crippen LogP contribution in [0.25, 0.3) is 84.9 Å². The second-order valence-electron chi connectivity index (χ2n) is 11.6. The summed E-state index contributed by atoms with van der Waals surface area (Å²) in [6, 6.07) is 56.8. The van der Waals surface area contributed by atoms with Gasteiger partial charge in [-0.25, -0.2) is 0 Å². The summed E-state index contributed by atoms with van der Waals surface area (Å²) in [6.45, 7) is 0. The van der Waals surface area contributed by atoms with Gasteiger partial charge in [0.1, 0.15) is 0 Å². The minimum Gasteiger partial charge on any atom is -0.192 e. The molecule has 0 unspecified atom stereocenters. The predicted molar refractivity (Wildman–Crippen MR) is 199 cm³/mol. The Bertz CT molecular complexity index is 2670. The average Bonchev–Trinajstić information content (AvgIpc) is 3.69. The van der Waals surface area contributed by atoms with Gasteiger partial charge in [-0.2, -0.15) is 5.26 Å². The van der Waals surface area contributed by atoms with E-state index in [2.05, 4.69) is 133 Å². The molecule has 0 atom stereocenters. The van der Waals surface area contributed by atoms with Gasteiger partial charge in [-0.1, -0.05) is 91.0 Å². The maximum Gasteiger partial charge on any atom is 0.0998 e. The fraction of sp³-hybridized carbons (Fsp3) is 0. The van der Waals surface area contributed by atoms with Gasteiger partial charge in [0.05, 0.1) is 11.6 Å². The molecule has 0 saturated carbocycles. The number of hydrogen-bond donors (Lipinski definition) is 0. The molecule has 0 radical (unpaired) electrons. The molecular formula is C43H25NS2. The van der Waals surface area contributed by atoms with E-state index in [0.29, 0.717) is 5.56 Å². The highest BCUT2D eigenvalue weighted by Gasteiger charge is 2.15. The summed E-state index contributed by atoms with van der Waals surface area (Å²) in [4.78, 5) is 0. The van der Waals surface area contributed by atoms with Crippen LogP contribution in [0.15, 0.2) is 152 Å². The van der Waals surface area contributed by atoms with Gasteiger partial charge < -0.3 is 0 Å². The SMILES string of the molecule is N#Cc1ccccc1-c1cccc(-c2cc(-c3ccc4sc5ccccc5c4c3)cc(-c3cccc4sc5ccccc5c34)c2)c1. The predicted octanol–water partition coefficient (Wildman–Crippen LogP) is 13.0. The first-order valence-electron chi connectivity index (χ1n) is 15.3. The summed E-state index contributed by atoms with van der Waals surface area (Å²) in [5.74, 6) is 0. The van der Waals surface area contributed by atoms with Crippen LogP contribution in [0.5, 0.6) is 0 Å². The molecule has 2 heterocycles. The quantitative estimate of drug-likeness (QED) is 0.192. The van der Waals surface area contributed by atoms with Crippen molar-refractivity contribution in [2.24, 2.45) is 0 Å². The van der Waals surface area contributed by atoms with Crippen molar-refractivity contribution in [2.45, 2.75) is 0 Å². The van der Waals surface area contributed by atoms with Crippen LogP contribution in [0.3, 0.4) is 0 Å². The van der Waals surface area contributed by atoms with E-state index in [1.807, 2.05) is 46.9 Å². The zero-order valence-corrected chi connectivity index (χ0v) is 26.3. The number of rotatable bonds is 4. The fourth-order valence-corrected chi connectivity index (χ4v) is 8.95. The molecule has 0 N–H and O–H groups in total. The van der Waals surface area contributed by atoms with E-state index in [1.165, 1.54) is 62.6 Å². The lowest BCUT2D eigenvalue weighted by Crippen LogP contribution is -1.88. The van der Waals surface area contributed by atoms with Gasteiger partial charge in [0.25, 0.3) is 0 Å². The van der Waals surface area contributed by atoms with Crippen LogP contribution >= 0.6 is 22.7 Å². The number of benzene rings is 7. The summed E-state index contributed by atoms with van der Waals surface area (Å²) >= 11 is 3.70. The van der Waals surface area contributed by atoms with Crippen molar-refractivity contribution in [1.82, 2.24) is 0 Å². The first-order valence-corrected chi connectivity index (χ1v) is 16.9. The van der Waals surface area contributed by atoms with Crippen LogP contribution in [0.1, 0.15) is 5.56 Å². The lowest BCUT2D eigenvalue weighted by molar-refractivity contribution is 1.48. The standard InChI is InChI=1S/C43H25NS2/c44-26-30-9-1-2-12-34(30)29-11-7-10-27(21-29)31-22-32(28-19-20-41-38(25-28)36-13-3-5-16-39(36)45-41)24-33(23-31)35-15-8-18-42-43(35)37-14-4-6-17-40(37)46-42/h1-25H. The van der Waals surface area contributed by atoms with Crippen molar-refractivity contribution in [3.8, 4) is 50.6 Å². The van der Waals surface area contributed by atoms with Gasteiger partial charge in [0.15, 0.2) is 0 Å². The summed E-state index contributed by atoms with van der Waals surface area (Å²) < 4.78 is 5.22. The van der Waals surface area contributed by atoms with Gasteiger partial charge in [0, 0.05) is 40.3 Å². The molecule has 0 amide bonds. The Morgan fingerprint density at radius 1 is 0.370 bits per heavy atom. The molecule has 214 valence electrons.